The summed E-state index contributed by atoms with van der Waals surface area (Å²) in [5.41, 5.74) is 7.66. The molecule has 8 heteroatoms. The highest BCUT2D eigenvalue weighted by Gasteiger charge is 2.24. The lowest BCUT2D eigenvalue weighted by Crippen LogP contribution is -3.13. The molecule has 0 saturated carbocycles. The lowest BCUT2D eigenvalue weighted by Gasteiger charge is -2.26. The van der Waals surface area contributed by atoms with Crippen LogP contribution in [0, 0.1) is 0 Å². The first-order valence-corrected chi connectivity index (χ1v) is 9.30. The number of fused-ring (bicyclic) bond motifs is 1. The summed E-state index contributed by atoms with van der Waals surface area (Å²) in [5.74, 6) is 0.761. The summed E-state index contributed by atoms with van der Waals surface area (Å²) in [7, 11) is 3.22. The van der Waals surface area contributed by atoms with Gasteiger partial charge in [0.2, 0.25) is 0 Å². The van der Waals surface area contributed by atoms with Gasteiger partial charge in [0.05, 0.1) is 20.8 Å². The van der Waals surface area contributed by atoms with Crippen LogP contribution in [0.4, 0.5) is 0 Å². The molecule has 148 valence electrons. The third kappa shape index (κ3) is 4.74. The van der Waals surface area contributed by atoms with E-state index in [0.717, 1.165) is 23.4 Å². The smallest absolute Gasteiger partial charge is 0.293 e. The second-order valence-corrected chi connectivity index (χ2v) is 7.03. The van der Waals surface area contributed by atoms with Crippen molar-refractivity contribution in [2.24, 2.45) is 0 Å². The highest BCUT2D eigenvalue weighted by molar-refractivity contribution is 6.30. The zero-order valence-corrected chi connectivity index (χ0v) is 16.6. The summed E-state index contributed by atoms with van der Waals surface area (Å²) in [6.07, 6.45) is 0.843. The Balaban J connectivity index is 1.54. The van der Waals surface area contributed by atoms with Crippen LogP contribution in [-0.4, -0.2) is 39.1 Å². The topological polar surface area (TPSA) is 81.1 Å². The van der Waals surface area contributed by atoms with Crippen molar-refractivity contribution >= 4 is 23.4 Å². The standard InChI is InChI=1S/C20H22ClN3O4/c1-27-17-9-14-7-8-24(11-15(14)10-18(17)28-2)12-19(25)22-23-20(26)13-3-5-16(21)6-4-13/h3-6,9-10H,7-8,11-12H2,1-2H3,(H,22,25)(H,23,26)/p+1. The molecule has 0 radical (unpaired) electrons. The fourth-order valence-corrected chi connectivity index (χ4v) is 3.38. The molecular formula is C20H23ClN3O4+. The Morgan fingerprint density at radius 2 is 1.68 bits per heavy atom. The van der Waals surface area contributed by atoms with Crippen molar-refractivity contribution in [2.75, 3.05) is 27.3 Å². The van der Waals surface area contributed by atoms with Crippen LogP contribution in [0.1, 0.15) is 21.5 Å². The molecule has 2 amide bonds. The number of ether oxygens (including phenoxy) is 2. The third-order valence-electron chi connectivity index (χ3n) is 4.73. The molecule has 3 rings (SSSR count). The number of hydrogen-bond acceptors (Lipinski definition) is 4. The Hall–Kier alpha value is -2.77. The molecule has 1 unspecified atom stereocenters. The zero-order chi connectivity index (χ0) is 20.1. The number of carbonyl (C=O) groups excluding carboxylic acids is 2. The maximum Gasteiger partial charge on any atom is 0.293 e. The van der Waals surface area contributed by atoms with Gasteiger partial charge in [-0.15, -0.1) is 0 Å². The molecule has 1 heterocycles. The molecular weight excluding hydrogens is 382 g/mol. The number of amides is 2. The molecule has 3 N–H and O–H groups in total. The average Bonchev–Trinajstić information content (AvgIpc) is 2.71. The predicted octanol–water partition coefficient (Wildman–Crippen LogP) is 0.759. The number of benzene rings is 2. The van der Waals surface area contributed by atoms with Gasteiger partial charge in [0, 0.05) is 22.6 Å². The molecule has 0 aliphatic carbocycles. The van der Waals surface area contributed by atoms with E-state index in [-0.39, 0.29) is 18.4 Å². The monoisotopic (exact) mass is 404 g/mol. The molecule has 2 aromatic carbocycles. The van der Waals surface area contributed by atoms with Crippen LogP contribution >= 0.6 is 11.6 Å². The van der Waals surface area contributed by atoms with Gasteiger partial charge in [-0.1, -0.05) is 11.6 Å². The van der Waals surface area contributed by atoms with Gasteiger partial charge in [0.25, 0.3) is 11.8 Å². The van der Waals surface area contributed by atoms with Crippen LogP contribution in [0.3, 0.4) is 0 Å². The molecule has 0 fully saturated rings. The van der Waals surface area contributed by atoms with Gasteiger partial charge in [-0.05, 0) is 42.0 Å². The van der Waals surface area contributed by atoms with E-state index in [1.807, 2.05) is 12.1 Å². The molecule has 2 aromatic rings. The van der Waals surface area contributed by atoms with Crippen LogP contribution in [0.2, 0.25) is 5.02 Å². The van der Waals surface area contributed by atoms with Crippen LogP contribution in [0.25, 0.3) is 0 Å². The summed E-state index contributed by atoms with van der Waals surface area (Å²) >= 11 is 5.81. The summed E-state index contributed by atoms with van der Waals surface area (Å²) in [4.78, 5) is 25.4. The van der Waals surface area contributed by atoms with Crippen molar-refractivity contribution < 1.29 is 24.0 Å². The predicted molar refractivity (Wildman–Crippen MR) is 105 cm³/mol. The van der Waals surface area contributed by atoms with E-state index in [1.165, 1.54) is 5.56 Å². The Morgan fingerprint density at radius 1 is 1.04 bits per heavy atom. The minimum Gasteiger partial charge on any atom is -0.493 e. The summed E-state index contributed by atoms with van der Waals surface area (Å²) in [6, 6.07) is 10.4. The lowest BCUT2D eigenvalue weighted by molar-refractivity contribution is -0.908. The van der Waals surface area contributed by atoms with Crippen LogP contribution < -0.4 is 25.2 Å². The van der Waals surface area contributed by atoms with E-state index < -0.39 is 0 Å². The van der Waals surface area contributed by atoms with Gasteiger partial charge in [-0.25, -0.2) is 0 Å². The van der Waals surface area contributed by atoms with Crippen LogP contribution in [0.15, 0.2) is 36.4 Å². The highest BCUT2D eigenvalue weighted by Crippen LogP contribution is 2.31. The summed E-state index contributed by atoms with van der Waals surface area (Å²) in [5, 5.41) is 0.545. The molecule has 1 atom stereocenters. The lowest BCUT2D eigenvalue weighted by atomic mass is 9.99. The fraction of sp³-hybridized carbons (Fsp3) is 0.300. The van der Waals surface area contributed by atoms with Crippen molar-refractivity contribution in [1.82, 2.24) is 10.9 Å². The molecule has 28 heavy (non-hydrogen) atoms. The number of carbonyl (C=O) groups is 2. The minimum atomic E-state index is -0.388. The van der Waals surface area contributed by atoms with Crippen molar-refractivity contribution in [1.29, 1.82) is 0 Å². The van der Waals surface area contributed by atoms with Crippen molar-refractivity contribution in [3.63, 3.8) is 0 Å². The first kappa shape index (κ1) is 20.0. The van der Waals surface area contributed by atoms with Gasteiger partial charge in [0.15, 0.2) is 18.0 Å². The molecule has 0 bridgehead atoms. The van der Waals surface area contributed by atoms with Crippen molar-refractivity contribution in [2.45, 2.75) is 13.0 Å². The number of hydrazine groups is 1. The molecule has 1 aliphatic rings. The summed E-state index contributed by atoms with van der Waals surface area (Å²) < 4.78 is 10.7. The average molecular weight is 405 g/mol. The zero-order valence-electron chi connectivity index (χ0n) is 15.8. The van der Waals surface area contributed by atoms with E-state index in [0.29, 0.717) is 28.6 Å². The summed E-state index contributed by atoms with van der Waals surface area (Å²) in [6.45, 7) is 1.78. The SMILES string of the molecule is COc1cc2c(cc1OC)C[NH+](CC(=O)NNC(=O)c1ccc(Cl)cc1)CC2. The number of methoxy groups -OCH3 is 2. The molecule has 7 nitrogen and oxygen atoms in total. The number of halogens is 1. The molecule has 1 aliphatic heterocycles. The molecule has 0 spiro atoms. The third-order valence-corrected chi connectivity index (χ3v) is 4.98. The van der Waals surface area contributed by atoms with Gasteiger partial charge < -0.3 is 14.4 Å². The van der Waals surface area contributed by atoms with E-state index in [9.17, 15) is 9.59 Å². The Morgan fingerprint density at radius 3 is 2.32 bits per heavy atom. The number of nitrogens with one attached hydrogen (secondary N) is 3. The highest BCUT2D eigenvalue weighted by atomic mass is 35.5. The number of rotatable bonds is 5. The molecule has 0 aromatic heterocycles. The Bertz CT molecular complexity index is 870. The van der Waals surface area contributed by atoms with Gasteiger partial charge >= 0.3 is 0 Å². The van der Waals surface area contributed by atoms with Crippen molar-refractivity contribution in [3.05, 3.63) is 58.1 Å². The maximum absolute atomic E-state index is 12.2. The van der Waals surface area contributed by atoms with Gasteiger partial charge in [-0.2, -0.15) is 0 Å². The quantitative estimate of drug-likeness (QED) is 0.643. The van der Waals surface area contributed by atoms with E-state index >= 15 is 0 Å². The van der Waals surface area contributed by atoms with Crippen LogP contribution in [-0.2, 0) is 17.8 Å². The first-order valence-electron chi connectivity index (χ1n) is 8.92. The number of quaternary nitrogens is 1. The van der Waals surface area contributed by atoms with Crippen molar-refractivity contribution in [3.8, 4) is 11.5 Å². The van der Waals surface area contributed by atoms with E-state index in [4.69, 9.17) is 21.1 Å². The Kier molecular flexibility index (Phi) is 6.38. The number of hydrogen-bond donors (Lipinski definition) is 3. The van der Waals surface area contributed by atoms with E-state index in [2.05, 4.69) is 10.9 Å². The van der Waals surface area contributed by atoms with Crippen LogP contribution in [0.5, 0.6) is 11.5 Å². The first-order chi connectivity index (χ1) is 13.5. The second kappa shape index (κ2) is 8.95. The normalized spacial score (nSPS) is 15.3. The Labute approximate surface area is 168 Å². The van der Waals surface area contributed by atoms with E-state index in [1.54, 1.807) is 38.5 Å². The fourth-order valence-electron chi connectivity index (χ4n) is 3.25. The maximum atomic E-state index is 12.2. The largest absolute Gasteiger partial charge is 0.493 e. The second-order valence-electron chi connectivity index (χ2n) is 6.59. The minimum absolute atomic E-state index is 0.249. The van der Waals surface area contributed by atoms with Gasteiger partial charge in [-0.3, -0.25) is 20.4 Å². The molecule has 0 saturated heterocycles. The van der Waals surface area contributed by atoms with Gasteiger partial charge in [0.1, 0.15) is 6.54 Å².